The highest BCUT2D eigenvalue weighted by Gasteiger charge is 2.42. The summed E-state index contributed by atoms with van der Waals surface area (Å²) in [6.07, 6.45) is 5.14. The third-order valence-corrected chi connectivity index (χ3v) is 4.52. The zero-order valence-corrected chi connectivity index (χ0v) is 13.8. The summed E-state index contributed by atoms with van der Waals surface area (Å²) in [6, 6.07) is 4.37. The SMILES string of the molecule is CC1(C(=O)O)CCN(C(=O)NCc2ccc(-n3ccnc3)c(F)c2)C1. The predicted octanol–water partition coefficient (Wildman–Crippen LogP) is 2.02. The number of nitrogens with one attached hydrogen (secondary N) is 1. The second kappa shape index (κ2) is 6.54. The molecule has 1 unspecified atom stereocenters. The molecule has 7 nitrogen and oxygen atoms in total. The van der Waals surface area contributed by atoms with Crippen LogP contribution in [-0.4, -0.2) is 44.6 Å². The van der Waals surface area contributed by atoms with Crippen LogP contribution in [0.1, 0.15) is 18.9 Å². The first-order valence-corrected chi connectivity index (χ1v) is 7.92. The lowest BCUT2D eigenvalue weighted by Gasteiger charge is -2.20. The first kappa shape index (κ1) is 16.9. The van der Waals surface area contributed by atoms with Crippen molar-refractivity contribution in [2.75, 3.05) is 13.1 Å². The highest BCUT2D eigenvalue weighted by molar-refractivity contribution is 5.79. The normalized spacial score (nSPS) is 19.8. The summed E-state index contributed by atoms with van der Waals surface area (Å²) in [5.74, 6) is -1.32. The van der Waals surface area contributed by atoms with Gasteiger partial charge in [0.1, 0.15) is 5.82 Å². The number of amides is 2. The van der Waals surface area contributed by atoms with Gasteiger partial charge in [-0.1, -0.05) is 6.07 Å². The van der Waals surface area contributed by atoms with Gasteiger partial charge in [0.2, 0.25) is 0 Å². The van der Waals surface area contributed by atoms with E-state index in [9.17, 15) is 19.1 Å². The number of urea groups is 1. The van der Waals surface area contributed by atoms with Crippen molar-refractivity contribution in [1.82, 2.24) is 19.8 Å². The predicted molar refractivity (Wildman–Crippen MR) is 87.7 cm³/mol. The first-order chi connectivity index (χ1) is 11.9. The van der Waals surface area contributed by atoms with E-state index >= 15 is 0 Å². The molecule has 0 bridgehead atoms. The molecule has 2 heterocycles. The Labute approximate surface area is 144 Å². The van der Waals surface area contributed by atoms with Gasteiger partial charge in [0.15, 0.2) is 0 Å². The topological polar surface area (TPSA) is 87.5 Å². The number of hydrogen-bond donors (Lipinski definition) is 2. The Morgan fingerprint density at radius 1 is 1.44 bits per heavy atom. The minimum Gasteiger partial charge on any atom is -0.481 e. The van der Waals surface area contributed by atoms with Crippen molar-refractivity contribution < 1.29 is 19.1 Å². The van der Waals surface area contributed by atoms with E-state index in [4.69, 9.17) is 0 Å². The molecule has 1 saturated heterocycles. The lowest BCUT2D eigenvalue weighted by molar-refractivity contribution is -0.147. The van der Waals surface area contributed by atoms with Crippen molar-refractivity contribution >= 4 is 12.0 Å². The Morgan fingerprint density at radius 2 is 2.24 bits per heavy atom. The molecule has 2 N–H and O–H groups in total. The van der Waals surface area contributed by atoms with E-state index in [1.54, 1.807) is 36.0 Å². The van der Waals surface area contributed by atoms with E-state index < -0.39 is 17.2 Å². The van der Waals surface area contributed by atoms with Crippen molar-refractivity contribution in [2.24, 2.45) is 5.41 Å². The summed E-state index contributed by atoms with van der Waals surface area (Å²) in [5.41, 5.74) is 0.0925. The molecule has 1 atom stereocenters. The Morgan fingerprint density at radius 3 is 2.84 bits per heavy atom. The molecule has 8 heteroatoms. The number of halogens is 1. The number of aliphatic carboxylic acids is 1. The Kier molecular flexibility index (Phi) is 4.43. The maximum Gasteiger partial charge on any atom is 0.317 e. The van der Waals surface area contributed by atoms with Gasteiger partial charge in [-0.2, -0.15) is 0 Å². The molecule has 0 saturated carbocycles. The van der Waals surface area contributed by atoms with Gasteiger partial charge in [-0.25, -0.2) is 14.2 Å². The Bertz CT molecular complexity index is 793. The fourth-order valence-electron chi connectivity index (χ4n) is 2.87. The third-order valence-electron chi connectivity index (χ3n) is 4.52. The number of benzene rings is 1. The van der Waals surface area contributed by atoms with Gasteiger partial charge >= 0.3 is 12.0 Å². The summed E-state index contributed by atoms with van der Waals surface area (Å²) < 4.78 is 15.8. The van der Waals surface area contributed by atoms with Crippen LogP contribution in [0.4, 0.5) is 9.18 Å². The Hall–Kier alpha value is -2.90. The molecule has 3 rings (SSSR count). The van der Waals surface area contributed by atoms with E-state index in [0.717, 1.165) is 0 Å². The number of carbonyl (C=O) groups excluding carboxylic acids is 1. The molecule has 0 aliphatic carbocycles. The second-order valence-corrected chi connectivity index (χ2v) is 6.45. The second-order valence-electron chi connectivity index (χ2n) is 6.45. The summed E-state index contributed by atoms with van der Waals surface area (Å²) in [7, 11) is 0. The quantitative estimate of drug-likeness (QED) is 0.887. The summed E-state index contributed by atoms with van der Waals surface area (Å²) in [5, 5.41) is 11.9. The van der Waals surface area contributed by atoms with Gasteiger partial charge in [0, 0.05) is 32.0 Å². The number of carboxylic acid groups (broad SMARTS) is 1. The van der Waals surface area contributed by atoms with Gasteiger partial charge in [-0.15, -0.1) is 0 Å². The number of imidazole rings is 1. The number of aromatic nitrogens is 2. The average molecular weight is 346 g/mol. The number of nitrogens with zero attached hydrogens (tertiary/aromatic N) is 3. The van der Waals surface area contributed by atoms with Crippen LogP contribution in [0, 0.1) is 11.2 Å². The van der Waals surface area contributed by atoms with E-state index in [0.29, 0.717) is 24.2 Å². The molecule has 2 aromatic rings. The van der Waals surface area contributed by atoms with Crippen LogP contribution >= 0.6 is 0 Å². The average Bonchev–Trinajstić information content (AvgIpc) is 3.23. The smallest absolute Gasteiger partial charge is 0.317 e. The minimum absolute atomic E-state index is 0.167. The van der Waals surface area contributed by atoms with Crippen molar-refractivity contribution in [3.05, 3.63) is 48.3 Å². The summed E-state index contributed by atoms with van der Waals surface area (Å²) in [4.78, 5) is 28.8. The molecule has 25 heavy (non-hydrogen) atoms. The molecule has 1 aromatic carbocycles. The monoisotopic (exact) mass is 346 g/mol. The number of rotatable bonds is 4. The van der Waals surface area contributed by atoms with Crippen molar-refractivity contribution in [3.8, 4) is 5.69 Å². The van der Waals surface area contributed by atoms with Crippen molar-refractivity contribution in [2.45, 2.75) is 19.9 Å². The van der Waals surface area contributed by atoms with Crippen LogP contribution < -0.4 is 5.32 Å². The number of hydrogen-bond acceptors (Lipinski definition) is 3. The third kappa shape index (κ3) is 3.47. The van der Waals surface area contributed by atoms with Crippen LogP contribution in [0.2, 0.25) is 0 Å². The van der Waals surface area contributed by atoms with Gasteiger partial charge in [-0.05, 0) is 31.0 Å². The van der Waals surface area contributed by atoms with Gasteiger partial charge in [-0.3, -0.25) is 4.79 Å². The van der Waals surface area contributed by atoms with E-state index in [1.807, 2.05) is 0 Å². The fourth-order valence-corrected chi connectivity index (χ4v) is 2.87. The largest absolute Gasteiger partial charge is 0.481 e. The lowest BCUT2D eigenvalue weighted by Crippen LogP contribution is -2.40. The van der Waals surface area contributed by atoms with Crippen LogP contribution in [-0.2, 0) is 11.3 Å². The first-order valence-electron chi connectivity index (χ1n) is 7.92. The molecular weight excluding hydrogens is 327 g/mol. The molecular formula is C17H19FN4O3. The fraction of sp³-hybridized carbons (Fsp3) is 0.353. The van der Waals surface area contributed by atoms with Crippen LogP contribution in [0.5, 0.6) is 0 Å². The molecule has 1 fully saturated rings. The van der Waals surface area contributed by atoms with Crippen LogP contribution in [0.25, 0.3) is 5.69 Å². The molecule has 132 valence electrons. The molecule has 2 amide bonds. The van der Waals surface area contributed by atoms with Crippen LogP contribution in [0.3, 0.4) is 0 Å². The van der Waals surface area contributed by atoms with E-state index in [1.165, 1.54) is 17.3 Å². The van der Waals surface area contributed by atoms with E-state index in [-0.39, 0.29) is 19.1 Å². The zero-order chi connectivity index (χ0) is 18.0. The maximum absolute atomic E-state index is 14.2. The lowest BCUT2D eigenvalue weighted by atomic mass is 9.90. The molecule has 0 radical (unpaired) electrons. The van der Waals surface area contributed by atoms with Crippen molar-refractivity contribution in [1.29, 1.82) is 0 Å². The number of likely N-dealkylation sites (tertiary alicyclic amines) is 1. The summed E-state index contributed by atoms with van der Waals surface area (Å²) in [6.45, 7) is 2.36. The highest BCUT2D eigenvalue weighted by atomic mass is 19.1. The van der Waals surface area contributed by atoms with Gasteiger partial charge in [0.05, 0.1) is 17.4 Å². The maximum atomic E-state index is 14.2. The van der Waals surface area contributed by atoms with Gasteiger partial charge < -0.3 is 19.9 Å². The van der Waals surface area contributed by atoms with Gasteiger partial charge in [0.25, 0.3) is 0 Å². The van der Waals surface area contributed by atoms with E-state index in [2.05, 4.69) is 10.3 Å². The highest BCUT2D eigenvalue weighted by Crippen LogP contribution is 2.30. The standard InChI is InChI=1S/C17H19FN4O3/c1-17(15(23)24)4-6-21(10-17)16(25)20-9-12-2-3-14(13(18)8-12)22-7-5-19-11-22/h2-3,5,7-8,11H,4,6,9-10H2,1H3,(H,20,25)(H,23,24). The van der Waals surface area contributed by atoms with Crippen LogP contribution in [0.15, 0.2) is 36.9 Å². The Balaban J connectivity index is 1.60. The minimum atomic E-state index is -0.907. The van der Waals surface area contributed by atoms with Crippen molar-refractivity contribution in [3.63, 3.8) is 0 Å². The zero-order valence-electron chi connectivity index (χ0n) is 13.8. The molecule has 1 aliphatic heterocycles. The molecule has 0 spiro atoms. The molecule has 1 aliphatic rings. The number of carbonyl (C=O) groups is 2. The number of carboxylic acids is 1. The summed E-state index contributed by atoms with van der Waals surface area (Å²) >= 11 is 0. The molecule has 1 aromatic heterocycles.